The van der Waals surface area contributed by atoms with E-state index in [2.05, 4.69) is 10.3 Å². The molecular formula is C20H16ClN3O2S. The van der Waals surface area contributed by atoms with E-state index in [1.54, 1.807) is 17.4 Å². The molecule has 1 amide bonds. The van der Waals surface area contributed by atoms with Crippen molar-refractivity contribution >= 4 is 33.8 Å². The summed E-state index contributed by atoms with van der Waals surface area (Å²) in [6, 6.07) is 15.5. The fourth-order valence-electron chi connectivity index (χ4n) is 2.67. The zero-order chi connectivity index (χ0) is 18.6. The summed E-state index contributed by atoms with van der Waals surface area (Å²) < 4.78 is 7.48. The molecule has 0 aliphatic rings. The molecule has 1 N–H and O–H groups in total. The number of nitrogens with zero attached hydrogens (tertiary/aromatic N) is 2. The molecule has 0 atom stereocenters. The molecule has 0 aliphatic heterocycles. The lowest BCUT2D eigenvalue weighted by atomic mass is 10.1. The smallest absolute Gasteiger partial charge is 0.258 e. The van der Waals surface area contributed by atoms with Gasteiger partial charge in [0.15, 0.2) is 11.6 Å². The number of carbonyl (C=O) groups excluding carboxylic acids is 1. The van der Waals surface area contributed by atoms with Crippen LogP contribution >= 0.6 is 22.9 Å². The Bertz CT molecular complexity index is 1050. The van der Waals surface area contributed by atoms with Gasteiger partial charge in [-0.3, -0.25) is 9.20 Å². The molecule has 27 heavy (non-hydrogen) atoms. The average Bonchev–Trinajstić information content (AvgIpc) is 3.28. The average molecular weight is 398 g/mol. The summed E-state index contributed by atoms with van der Waals surface area (Å²) in [5.74, 6) is 0.253. The van der Waals surface area contributed by atoms with Crippen LogP contribution in [0.25, 0.3) is 16.1 Å². The number of hydrogen-bond acceptors (Lipinski definition) is 4. The molecule has 0 saturated heterocycles. The van der Waals surface area contributed by atoms with Gasteiger partial charge in [-0.2, -0.15) is 0 Å². The number of ether oxygens (including phenoxy) is 1. The quantitative estimate of drug-likeness (QED) is 0.524. The minimum atomic E-state index is -0.227. The minimum absolute atomic E-state index is 0.105. The number of aromatic nitrogens is 2. The summed E-state index contributed by atoms with van der Waals surface area (Å²) in [5, 5.41) is 5.23. The van der Waals surface area contributed by atoms with Crippen LogP contribution in [0.2, 0.25) is 5.02 Å². The summed E-state index contributed by atoms with van der Waals surface area (Å²) in [7, 11) is 0. The molecule has 0 fully saturated rings. The van der Waals surface area contributed by atoms with Crippen molar-refractivity contribution in [3.8, 4) is 16.9 Å². The molecule has 0 unspecified atom stereocenters. The molecule has 0 spiro atoms. The number of imidazole rings is 1. The third-order valence-electron chi connectivity index (χ3n) is 4.01. The monoisotopic (exact) mass is 397 g/mol. The van der Waals surface area contributed by atoms with E-state index in [9.17, 15) is 4.79 Å². The Hall–Kier alpha value is -2.83. The Kier molecular flexibility index (Phi) is 5.09. The summed E-state index contributed by atoms with van der Waals surface area (Å²) in [5.41, 5.74) is 2.88. The standard InChI is InChI=1S/C20H16ClN3O2S/c21-17-10-15(14-4-2-1-3-5-14)6-7-18(17)26-13-19(25)22-11-16-12-24-8-9-27-20(24)23-16/h1-10,12H,11,13H2,(H,22,25). The van der Waals surface area contributed by atoms with Crippen LogP contribution in [-0.4, -0.2) is 21.9 Å². The van der Waals surface area contributed by atoms with Gasteiger partial charge in [-0.25, -0.2) is 4.98 Å². The second-order valence-corrected chi connectivity index (χ2v) is 7.18. The van der Waals surface area contributed by atoms with E-state index in [0.29, 0.717) is 17.3 Å². The zero-order valence-corrected chi connectivity index (χ0v) is 15.8. The van der Waals surface area contributed by atoms with E-state index in [0.717, 1.165) is 21.8 Å². The molecule has 0 bridgehead atoms. The molecule has 0 saturated carbocycles. The Morgan fingerprint density at radius 1 is 1.19 bits per heavy atom. The Balaban J connectivity index is 1.32. The van der Waals surface area contributed by atoms with Crippen LogP contribution in [-0.2, 0) is 11.3 Å². The molecule has 7 heteroatoms. The first kappa shape index (κ1) is 17.6. The normalized spacial score (nSPS) is 10.9. The van der Waals surface area contributed by atoms with Crippen molar-refractivity contribution in [1.29, 1.82) is 0 Å². The second kappa shape index (κ2) is 7.82. The second-order valence-electron chi connectivity index (χ2n) is 5.90. The molecule has 4 rings (SSSR count). The summed E-state index contributed by atoms with van der Waals surface area (Å²) >= 11 is 7.85. The summed E-state index contributed by atoms with van der Waals surface area (Å²) in [6.07, 6.45) is 3.83. The van der Waals surface area contributed by atoms with Crippen LogP contribution < -0.4 is 10.1 Å². The maximum Gasteiger partial charge on any atom is 0.258 e. The lowest BCUT2D eigenvalue weighted by molar-refractivity contribution is -0.123. The van der Waals surface area contributed by atoms with Gasteiger partial charge in [0.2, 0.25) is 0 Å². The third-order valence-corrected chi connectivity index (χ3v) is 5.07. The van der Waals surface area contributed by atoms with Crippen LogP contribution in [0.3, 0.4) is 0 Å². The van der Waals surface area contributed by atoms with E-state index in [1.807, 2.05) is 64.6 Å². The topological polar surface area (TPSA) is 55.6 Å². The van der Waals surface area contributed by atoms with Crippen molar-refractivity contribution < 1.29 is 9.53 Å². The first-order chi connectivity index (χ1) is 13.2. The number of rotatable bonds is 6. The van der Waals surface area contributed by atoms with Crippen LogP contribution in [0.1, 0.15) is 5.69 Å². The highest BCUT2D eigenvalue weighted by Gasteiger charge is 2.09. The maximum atomic E-state index is 12.0. The van der Waals surface area contributed by atoms with Gasteiger partial charge in [0, 0.05) is 17.8 Å². The highest BCUT2D eigenvalue weighted by molar-refractivity contribution is 7.15. The molecule has 0 aliphatic carbocycles. The van der Waals surface area contributed by atoms with Crippen molar-refractivity contribution in [1.82, 2.24) is 14.7 Å². The first-order valence-corrected chi connectivity index (χ1v) is 9.60. The molecule has 5 nitrogen and oxygen atoms in total. The lowest BCUT2D eigenvalue weighted by Gasteiger charge is -2.10. The van der Waals surface area contributed by atoms with Crippen molar-refractivity contribution in [2.75, 3.05) is 6.61 Å². The van der Waals surface area contributed by atoms with E-state index >= 15 is 0 Å². The van der Waals surface area contributed by atoms with Gasteiger partial charge < -0.3 is 10.1 Å². The van der Waals surface area contributed by atoms with Crippen molar-refractivity contribution in [2.24, 2.45) is 0 Å². The van der Waals surface area contributed by atoms with Gasteiger partial charge >= 0.3 is 0 Å². The fraction of sp³-hybridized carbons (Fsp3) is 0.100. The molecule has 2 aromatic heterocycles. The number of benzene rings is 2. The van der Waals surface area contributed by atoms with Crippen molar-refractivity contribution in [3.05, 3.63) is 77.0 Å². The van der Waals surface area contributed by atoms with Crippen LogP contribution in [0, 0.1) is 0 Å². The largest absolute Gasteiger partial charge is 0.482 e. The number of thiazole rings is 1. The number of halogens is 1. The number of carbonyl (C=O) groups is 1. The van der Waals surface area contributed by atoms with Crippen LogP contribution in [0.15, 0.2) is 66.3 Å². The fourth-order valence-corrected chi connectivity index (χ4v) is 3.63. The van der Waals surface area contributed by atoms with Gasteiger partial charge in [-0.05, 0) is 23.3 Å². The number of nitrogens with one attached hydrogen (secondary N) is 1. The first-order valence-electron chi connectivity index (χ1n) is 8.34. The molecule has 4 aromatic rings. The lowest BCUT2D eigenvalue weighted by Crippen LogP contribution is -2.28. The highest BCUT2D eigenvalue weighted by atomic mass is 35.5. The Labute approximate surface area is 165 Å². The number of fused-ring (bicyclic) bond motifs is 1. The van der Waals surface area contributed by atoms with Gasteiger partial charge in [0.05, 0.1) is 17.3 Å². The zero-order valence-electron chi connectivity index (χ0n) is 14.3. The van der Waals surface area contributed by atoms with Gasteiger partial charge in [-0.15, -0.1) is 11.3 Å². The van der Waals surface area contributed by atoms with E-state index in [1.165, 1.54) is 0 Å². The number of amides is 1. The van der Waals surface area contributed by atoms with Gasteiger partial charge in [0.1, 0.15) is 5.75 Å². The molecular weight excluding hydrogens is 382 g/mol. The number of hydrogen-bond donors (Lipinski definition) is 1. The minimum Gasteiger partial charge on any atom is -0.482 e. The Morgan fingerprint density at radius 3 is 2.81 bits per heavy atom. The van der Waals surface area contributed by atoms with E-state index < -0.39 is 0 Å². The van der Waals surface area contributed by atoms with Crippen LogP contribution in [0.4, 0.5) is 0 Å². The highest BCUT2D eigenvalue weighted by Crippen LogP contribution is 2.30. The van der Waals surface area contributed by atoms with Crippen molar-refractivity contribution in [3.63, 3.8) is 0 Å². The molecule has 2 heterocycles. The summed E-state index contributed by atoms with van der Waals surface area (Å²) in [6.45, 7) is 0.254. The SMILES string of the molecule is O=C(COc1ccc(-c2ccccc2)cc1Cl)NCc1cn2ccsc2n1. The Morgan fingerprint density at radius 2 is 2.04 bits per heavy atom. The third kappa shape index (κ3) is 4.13. The van der Waals surface area contributed by atoms with E-state index in [4.69, 9.17) is 16.3 Å². The van der Waals surface area contributed by atoms with Gasteiger partial charge in [-0.1, -0.05) is 48.0 Å². The summed E-state index contributed by atoms with van der Waals surface area (Å²) in [4.78, 5) is 17.4. The van der Waals surface area contributed by atoms with E-state index in [-0.39, 0.29) is 12.5 Å². The maximum absolute atomic E-state index is 12.0. The molecule has 2 aromatic carbocycles. The van der Waals surface area contributed by atoms with Crippen LogP contribution in [0.5, 0.6) is 5.75 Å². The molecule has 0 radical (unpaired) electrons. The molecule has 136 valence electrons. The predicted octanol–water partition coefficient (Wildman–Crippen LogP) is 4.41. The van der Waals surface area contributed by atoms with Gasteiger partial charge in [0.25, 0.3) is 5.91 Å². The van der Waals surface area contributed by atoms with Crippen molar-refractivity contribution in [2.45, 2.75) is 6.54 Å². The predicted molar refractivity (Wildman–Crippen MR) is 107 cm³/mol.